The predicted octanol–water partition coefficient (Wildman–Crippen LogP) is 0.663. The predicted molar refractivity (Wildman–Crippen MR) is 99.6 cm³/mol. The number of aromatic nitrogens is 2. The van der Waals surface area contributed by atoms with E-state index in [-0.39, 0.29) is 17.3 Å². The van der Waals surface area contributed by atoms with Crippen molar-refractivity contribution in [1.29, 1.82) is 5.26 Å². The number of aryl methyl sites for hydroxylation is 1. The first-order chi connectivity index (χ1) is 12.9. The van der Waals surface area contributed by atoms with Crippen molar-refractivity contribution in [2.75, 3.05) is 38.0 Å². The molecule has 3 rings (SSSR count). The number of nitriles is 1. The zero-order valence-electron chi connectivity index (χ0n) is 14.6. The van der Waals surface area contributed by atoms with Crippen LogP contribution in [0.1, 0.15) is 10.6 Å². The highest BCUT2D eigenvalue weighted by atomic mass is 32.2. The Bertz CT molecular complexity index is 957. The van der Waals surface area contributed by atoms with Crippen LogP contribution in [0.4, 0.5) is 5.13 Å². The number of carbonyl (C=O) groups excluding carboxylic acids is 1. The molecule has 0 aliphatic carbocycles. The SMILES string of the molecule is Cc1nnc(NC(=O)CN2CCN(S(=O)(=O)c3ccc(C#N)cc3)CC2)s1. The highest BCUT2D eigenvalue weighted by Gasteiger charge is 2.29. The summed E-state index contributed by atoms with van der Waals surface area (Å²) in [6.07, 6.45) is 0. The molecule has 1 amide bonds. The second-order valence-corrected chi connectivity index (χ2v) is 9.11. The number of piperazine rings is 1. The van der Waals surface area contributed by atoms with Gasteiger partial charge in [0.25, 0.3) is 0 Å². The van der Waals surface area contributed by atoms with Gasteiger partial charge in [0.05, 0.1) is 23.1 Å². The van der Waals surface area contributed by atoms with E-state index in [0.717, 1.165) is 5.01 Å². The first kappa shape index (κ1) is 19.4. The topological polar surface area (TPSA) is 119 Å². The van der Waals surface area contributed by atoms with E-state index in [4.69, 9.17) is 5.26 Å². The minimum absolute atomic E-state index is 0.166. The van der Waals surface area contributed by atoms with Gasteiger partial charge in [-0.05, 0) is 31.2 Å². The number of carbonyl (C=O) groups is 1. The molecule has 1 aromatic carbocycles. The molecule has 1 saturated heterocycles. The van der Waals surface area contributed by atoms with Crippen LogP contribution in [0.15, 0.2) is 29.2 Å². The summed E-state index contributed by atoms with van der Waals surface area (Å²) in [6, 6.07) is 7.83. The fraction of sp³-hybridized carbons (Fsp3) is 0.375. The van der Waals surface area contributed by atoms with E-state index in [9.17, 15) is 13.2 Å². The first-order valence-corrected chi connectivity index (χ1v) is 10.5. The molecule has 27 heavy (non-hydrogen) atoms. The van der Waals surface area contributed by atoms with Crippen molar-refractivity contribution in [3.05, 3.63) is 34.8 Å². The molecule has 1 N–H and O–H groups in total. The standard InChI is InChI=1S/C16H18N6O3S2/c1-12-19-20-16(26-12)18-15(23)11-21-6-8-22(9-7-21)27(24,25)14-4-2-13(10-17)3-5-14/h2-5H,6-9,11H2,1H3,(H,18,20,23). The Morgan fingerprint density at radius 1 is 1.22 bits per heavy atom. The third kappa shape index (κ3) is 4.67. The lowest BCUT2D eigenvalue weighted by molar-refractivity contribution is -0.117. The summed E-state index contributed by atoms with van der Waals surface area (Å²) in [5.41, 5.74) is 0.412. The van der Waals surface area contributed by atoms with Crippen molar-refractivity contribution >= 4 is 32.4 Å². The molecule has 11 heteroatoms. The molecular formula is C16H18N6O3S2. The summed E-state index contributed by atoms with van der Waals surface area (Å²) >= 11 is 1.30. The largest absolute Gasteiger partial charge is 0.299 e. The van der Waals surface area contributed by atoms with E-state index in [2.05, 4.69) is 15.5 Å². The Labute approximate surface area is 161 Å². The second-order valence-electron chi connectivity index (χ2n) is 5.99. The number of amides is 1. The smallest absolute Gasteiger partial charge is 0.243 e. The van der Waals surface area contributed by atoms with Gasteiger partial charge in [-0.25, -0.2) is 8.42 Å². The summed E-state index contributed by atoms with van der Waals surface area (Å²) in [4.78, 5) is 14.1. The fourth-order valence-electron chi connectivity index (χ4n) is 2.69. The highest BCUT2D eigenvalue weighted by Crippen LogP contribution is 2.18. The number of nitrogens with one attached hydrogen (secondary N) is 1. The summed E-state index contributed by atoms with van der Waals surface area (Å²) in [7, 11) is -3.60. The summed E-state index contributed by atoms with van der Waals surface area (Å²) in [6.45, 7) is 3.49. The molecule has 1 fully saturated rings. The zero-order chi connectivity index (χ0) is 19.4. The quantitative estimate of drug-likeness (QED) is 0.775. The van der Waals surface area contributed by atoms with E-state index in [1.54, 1.807) is 6.92 Å². The maximum atomic E-state index is 12.7. The van der Waals surface area contributed by atoms with Crippen LogP contribution in [0.3, 0.4) is 0 Å². The molecule has 0 radical (unpaired) electrons. The minimum atomic E-state index is -3.60. The van der Waals surface area contributed by atoms with Crippen LogP contribution in [0, 0.1) is 18.3 Å². The van der Waals surface area contributed by atoms with Crippen LogP contribution in [-0.2, 0) is 14.8 Å². The summed E-state index contributed by atoms with van der Waals surface area (Å²) < 4.78 is 26.8. The van der Waals surface area contributed by atoms with Crippen molar-refractivity contribution in [3.63, 3.8) is 0 Å². The Kier molecular flexibility index (Phi) is 5.81. The number of anilines is 1. The number of sulfonamides is 1. The van der Waals surface area contributed by atoms with Crippen LogP contribution in [0.2, 0.25) is 0 Å². The van der Waals surface area contributed by atoms with E-state index in [1.807, 2.05) is 11.0 Å². The lowest BCUT2D eigenvalue weighted by atomic mass is 10.2. The average molecular weight is 406 g/mol. The van der Waals surface area contributed by atoms with Crippen molar-refractivity contribution in [1.82, 2.24) is 19.4 Å². The maximum Gasteiger partial charge on any atom is 0.243 e. The molecule has 0 unspecified atom stereocenters. The van der Waals surface area contributed by atoms with Crippen LogP contribution in [-0.4, -0.2) is 66.5 Å². The van der Waals surface area contributed by atoms with Gasteiger partial charge in [0.2, 0.25) is 21.1 Å². The summed E-state index contributed by atoms with van der Waals surface area (Å²) in [5, 5.41) is 20.4. The fourth-order valence-corrected chi connectivity index (χ4v) is 4.72. The number of hydrogen-bond donors (Lipinski definition) is 1. The Morgan fingerprint density at radius 2 is 1.89 bits per heavy atom. The molecule has 1 aliphatic rings. The van der Waals surface area contributed by atoms with Crippen LogP contribution < -0.4 is 5.32 Å². The van der Waals surface area contributed by atoms with E-state index >= 15 is 0 Å². The number of rotatable bonds is 5. The Morgan fingerprint density at radius 3 is 2.44 bits per heavy atom. The Hall–Kier alpha value is -2.39. The van der Waals surface area contributed by atoms with E-state index < -0.39 is 10.0 Å². The molecule has 0 atom stereocenters. The van der Waals surface area contributed by atoms with Crippen molar-refractivity contribution in [2.24, 2.45) is 0 Å². The second kappa shape index (κ2) is 8.10. The molecule has 0 bridgehead atoms. The van der Waals surface area contributed by atoms with Gasteiger partial charge in [0, 0.05) is 26.2 Å². The molecule has 0 saturated carbocycles. The number of nitrogens with zero attached hydrogens (tertiary/aromatic N) is 5. The molecule has 1 aromatic heterocycles. The molecule has 9 nitrogen and oxygen atoms in total. The third-order valence-electron chi connectivity index (χ3n) is 4.09. The molecule has 2 heterocycles. The lowest BCUT2D eigenvalue weighted by Gasteiger charge is -2.33. The number of benzene rings is 1. The number of hydrogen-bond acceptors (Lipinski definition) is 8. The zero-order valence-corrected chi connectivity index (χ0v) is 16.3. The van der Waals surface area contributed by atoms with Gasteiger partial charge in [-0.2, -0.15) is 9.57 Å². The van der Waals surface area contributed by atoms with Crippen LogP contribution in [0.5, 0.6) is 0 Å². The average Bonchev–Trinajstić information content (AvgIpc) is 3.06. The lowest BCUT2D eigenvalue weighted by Crippen LogP contribution is -2.50. The maximum absolute atomic E-state index is 12.7. The summed E-state index contributed by atoms with van der Waals surface area (Å²) in [5.74, 6) is -0.199. The Balaban J connectivity index is 1.54. The molecule has 1 aliphatic heterocycles. The van der Waals surface area contributed by atoms with Crippen molar-refractivity contribution < 1.29 is 13.2 Å². The third-order valence-corrected chi connectivity index (χ3v) is 6.76. The molecule has 0 spiro atoms. The van der Waals surface area contributed by atoms with Gasteiger partial charge in [-0.1, -0.05) is 11.3 Å². The highest BCUT2D eigenvalue weighted by molar-refractivity contribution is 7.89. The van der Waals surface area contributed by atoms with E-state index in [1.165, 1.54) is 39.9 Å². The van der Waals surface area contributed by atoms with E-state index in [0.29, 0.717) is 36.9 Å². The minimum Gasteiger partial charge on any atom is -0.299 e. The normalized spacial score (nSPS) is 16.0. The van der Waals surface area contributed by atoms with Gasteiger partial charge >= 0.3 is 0 Å². The van der Waals surface area contributed by atoms with Gasteiger partial charge in [-0.15, -0.1) is 10.2 Å². The van der Waals surface area contributed by atoms with Gasteiger partial charge in [0.15, 0.2) is 0 Å². The monoisotopic (exact) mass is 406 g/mol. The first-order valence-electron chi connectivity index (χ1n) is 8.21. The van der Waals surface area contributed by atoms with Crippen molar-refractivity contribution in [3.8, 4) is 6.07 Å². The van der Waals surface area contributed by atoms with Gasteiger partial charge in [0.1, 0.15) is 5.01 Å². The molecular weight excluding hydrogens is 388 g/mol. The molecule has 142 valence electrons. The van der Waals surface area contributed by atoms with Gasteiger partial charge < -0.3 is 0 Å². The molecule has 2 aromatic rings. The van der Waals surface area contributed by atoms with Gasteiger partial charge in [-0.3, -0.25) is 15.0 Å². The van der Waals surface area contributed by atoms with Crippen LogP contribution >= 0.6 is 11.3 Å². The van der Waals surface area contributed by atoms with Crippen molar-refractivity contribution in [2.45, 2.75) is 11.8 Å². The van der Waals surface area contributed by atoms with Crippen LogP contribution in [0.25, 0.3) is 0 Å².